The minimum atomic E-state index is -4.72. The Labute approximate surface area is 117 Å². The van der Waals surface area contributed by atoms with E-state index in [1.165, 1.54) is 0 Å². The molecule has 0 bridgehead atoms. The van der Waals surface area contributed by atoms with E-state index in [0.29, 0.717) is 0 Å². The van der Waals surface area contributed by atoms with Gasteiger partial charge in [0.05, 0.1) is 17.7 Å². The van der Waals surface area contributed by atoms with E-state index in [4.69, 9.17) is 0 Å². The van der Waals surface area contributed by atoms with Gasteiger partial charge in [-0.1, -0.05) is 0 Å². The summed E-state index contributed by atoms with van der Waals surface area (Å²) in [6.45, 7) is 2.82. The fraction of sp³-hybridized carbons (Fsp3) is 0.385. The quantitative estimate of drug-likeness (QED) is 0.856. The van der Waals surface area contributed by atoms with Crippen molar-refractivity contribution in [3.63, 3.8) is 0 Å². The average Bonchev–Trinajstić information content (AvgIpc) is 2.37. The van der Waals surface area contributed by atoms with Crippen LogP contribution in [0.1, 0.15) is 19.7 Å². The van der Waals surface area contributed by atoms with Gasteiger partial charge in [-0.05, 0) is 32.0 Å². The number of anilines is 1. The Morgan fingerprint density at radius 1 is 1.19 bits per heavy atom. The van der Waals surface area contributed by atoms with E-state index in [1.54, 1.807) is 13.8 Å². The zero-order chi connectivity index (χ0) is 15.8. The molecule has 0 atom stereocenters. The van der Waals surface area contributed by atoms with Crippen molar-refractivity contribution in [2.24, 2.45) is 0 Å². The summed E-state index contributed by atoms with van der Waals surface area (Å²) in [5, 5.41) is 12.0. The highest BCUT2D eigenvalue weighted by Gasteiger charge is 2.36. The number of fused-ring (bicyclic) bond motifs is 1. The molecule has 8 heteroatoms. The minimum Gasteiger partial charge on any atom is -0.394 e. The number of aliphatic hydroxyl groups is 1. The smallest absolute Gasteiger partial charge is 0.394 e. The number of rotatable bonds is 3. The van der Waals surface area contributed by atoms with Crippen molar-refractivity contribution in [3.05, 3.63) is 29.8 Å². The van der Waals surface area contributed by atoms with Crippen molar-refractivity contribution in [1.29, 1.82) is 0 Å². The lowest BCUT2D eigenvalue weighted by Gasteiger charge is -2.25. The molecule has 0 aliphatic heterocycles. The van der Waals surface area contributed by atoms with Crippen molar-refractivity contribution in [2.45, 2.75) is 25.6 Å². The van der Waals surface area contributed by atoms with Gasteiger partial charge >= 0.3 is 6.18 Å². The van der Waals surface area contributed by atoms with Gasteiger partial charge in [-0.25, -0.2) is 14.4 Å². The predicted octanol–water partition coefficient (Wildman–Crippen LogP) is 2.97. The normalized spacial score (nSPS) is 12.7. The molecule has 0 saturated carbocycles. The average molecular weight is 303 g/mol. The molecule has 1 heterocycles. The summed E-state index contributed by atoms with van der Waals surface area (Å²) in [7, 11) is 0. The number of halogens is 4. The van der Waals surface area contributed by atoms with E-state index in [0.717, 1.165) is 18.2 Å². The molecule has 1 aromatic carbocycles. The van der Waals surface area contributed by atoms with Gasteiger partial charge in [-0.15, -0.1) is 0 Å². The van der Waals surface area contributed by atoms with Crippen LogP contribution in [0.3, 0.4) is 0 Å². The van der Waals surface area contributed by atoms with Crippen molar-refractivity contribution >= 4 is 16.7 Å². The molecule has 1 aromatic heterocycles. The number of hydrogen-bond donors (Lipinski definition) is 2. The Bertz CT molecular complexity index is 670. The molecule has 0 unspecified atom stereocenters. The maximum Gasteiger partial charge on any atom is 0.451 e. The van der Waals surface area contributed by atoms with Crippen LogP contribution in [0.2, 0.25) is 0 Å². The summed E-state index contributed by atoms with van der Waals surface area (Å²) in [6, 6.07) is 3.22. The number of nitrogens with zero attached hydrogens (tertiary/aromatic N) is 2. The highest BCUT2D eigenvalue weighted by molar-refractivity contribution is 5.89. The SMILES string of the molecule is CC(C)(CO)Nc1nc(C(F)(F)F)nc2ccc(F)cc12. The van der Waals surface area contributed by atoms with Gasteiger partial charge in [-0.2, -0.15) is 13.2 Å². The zero-order valence-corrected chi connectivity index (χ0v) is 11.3. The molecule has 0 saturated heterocycles. The molecule has 21 heavy (non-hydrogen) atoms. The van der Waals surface area contributed by atoms with Crippen LogP contribution in [-0.4, -0.2) is 27.2 Å². The molecule has 0 amide bonds. The van der Waals surface area contributed by atoms with E-state index in [2.05, 4.69) is 15.3 Å². The monoisotopic (exact) mass is 303 g/mol. The second-order valence-corrected chi connectivity index (χ2v) is 5.22. The van der Waals surface area contributed by atoms with Crippen LogP contribution >= 0.6 is 0 Å². The van der Waals surface area contributed by atoms with Gasteiger partial charge in [0.15, 0.2) is 0 Å². The topological polar surface area (TPSA) is 58.0 Å². The summed E-state index contributed by atoms with van der Waals surface area (Å²) in [6.07, 6.45) is -4.72. The lowest BCUT2D eigenvalue weighted by Crippen LogP contribution is -2.35. The Morgan fingerprint density at radius 2 is 1.86 bits per heavy atom. The number of alkyl halides is 3. The van der Waals surface area contributed by atoms with E-state index in [1.807, 2.05) is 0 Å². The number of benzene rings is 1. The van der Waals surface area contributed by atoms with E-state index in [-0.39, 0.29) is 23.3 Å². The van der Waals surface area contributed by atoms with Gasteiger partial charge in [0.1, 0.15) is 11.6 Å². The third-order valence-electron chi connectivity index (χ3n) is 2.76. The van der Waals surface area contributed by atoms with Crippen LogP contribution in [-0.2, 0) is 6.18 Å². The number of hydrogen-bond acceptors (Lipinski definition) is 4. The van der Waals surface area contributed by atoms with E-state index >= 15 is 0 Å². The van der Waals surface area contributed by atoms with Crippen LogP contribution in [0.5, 0.6) is 0 Å². The molecule has 2 N–H and O–H groups in total. The maximum absolute atomic E-state index is 13.3. The second-order valence-electron chi connectivity index (χ2n) is 5.22. The molecule has 0 spiro atoms. The van der Waals surface area contributed by atoms with E-state index in [9.17, 15) is 22.7 Å². The fourth-order valence-electron chi connectivity index (χ4n) is 1.68. The molecule has 114 valence electrons. The fourth-order valence-corrected chi connectivity index (χ4v) is 1.68. The van der Waals surface area contributed by atoms with Gasteiger partial charge in [-0.3, -0.25) is 0 Å². The first-order valence-electron chi connectivity index (χ1n) is 6.06. The Kier molecular flexibility index (Phi) is 3.75. The third-order valence-corrected chi connectivity index (χ3v) is 2.76. The van der Waals surface area contributed by atoms with Crippen molar-refractivity contribution in [3.8, 4) is 0 Å². The van der Waals surface area contributed by atoms with Gasteiger partial charge in [0, 0.05) is 5.39 Å². The second kappa shape index (κ2) is 5.10. The molecular weight excluding hydrogens is 290 g/mol. The van der Waals surface area contributed by atoms with Crippen LogP contribution in [0.25, 0.3) is 10.9 Å². The van der Waals surface area contributed by atoms with E-state index < -0.39 is 23.4 Å². The van der Waals surface area contributed by atoms with Crippen molar-refractivity contribution < 1.29 is 22.7 Å². The molecule has 0 aliphatic carbocycles. The first-order valence-corrected chi connectivity index (χ1v) is 6.06. The summed E-state index contributed by atoms with van der Waals surface area (Å²) in [4.78, 5) is 6.82. The Hall–Kier alpha value is -1.96. The molecule has 0 fully saturated rings. The zero-order valence-electron chi connectivity index (χ0n) is 11.3. The minimum absolute atomic E-state index is 0.0324. The van der Waals surface area contributed by atoms with Crippen molar-refractivity contribution in [2.75, 3.05) is 11.9 Å². The standard InChI is InChI=1S/C13H13F4N3O/c1-12(2,6-21)20-10-8-5-7(14)3-4-9(8)18-11(19-10)13(15,16)17/h3-5,21H,6H2,1-2H3,(H,18,19,20). The molecule has 2 aromatic rings. The Morgan fingerprint density at radius 3 is 2.43 bits per heavy atom. The first-order chi connectivity index (χ1) is 9.62. The molecule has 2 rings (SSSR count). The highest BCUT2D eigenvalue weighted by Crippen LogP contribution is 2.31. The number of nitrogens with one attached hydrogen (secondary N) is 1. The summed E-state index contributed by atoms with van der Waals surface area (Å²) >= 11 is 0. The molecule has 0 radical (unpaired) electrons. The number of aliphatic hydroxyl groups excluding tert-OH is 1. The Balaban J connectivity index is 2.66. The van der Waals surface area contributed by atoms with Gasteiger partial charge in [0.25, 0.3) is 0 Å². The van der Waals surface area contributed by atoms with Gasteiger partial charge in [0.2, 0.25) is 5.82 Å². The number of aromatic nitrogens is 2. The lowest BCUT2D eigenvalue weighted by molar-refractivity contribution is -0.144. The van der Waals surface area contributed by atoms with Gasteiger partial charge < -0.3 is 10.4 Å². The molecule has 4 nitrogen and oxygen atoms in total. The van der Waals surface area contributed by atoms with Crippen LogP contribution < -0.4 is 5.32 Å². The lowest BCUT2D eigenvalue weighted by atomic mass is 10.1. The first kappa shape index (κ1) is 15.4. The van der Waals surface area contributed by atoms with Crippen molar-refractivity contribution in [1.82, 2.24) is 9.97 Å². The maximum atomic E-state index is 13.3. The summed E-state index contributed by atoms with van der Waals surface area (Å²) in [5.41, 5.74) is -0.953. The van der Waals surface area contributed by atoms with Crippen LogP contribution in [0.4, 0.5) is 23.4 Å². The third kappa shape index (κ3) is 3.38. The summed E-state index contributed by atoms with van der Waals surface area (Å²) < 4.78 is 51.8. The van der Waals surface area contributed by atoms with Crippen LogP contribution in [0.15, 0.2) is 18.2 Å². The molecule has 0 aliphatic rings. The molecular formula is C13H13F4N3O. The predicted molar refractivity (Wildman–Crippen MR) is 69.3 cm³/mol. The summed E-state index contributed by atoms with van der Waals surface area (Å²) in [5.74, 6) is -2.11. The highest BCUT2D eigenvalue weighted by atomic mass is 19.4. The largest absolute Gasteiger partial charge is 0.451 e. The van der Waals surface area contributed by atoms with Crippen LogP contribution in [0, 0.1) is 5.82 Å².